The molecule has 1 saturated heterocycles. The molecule has 148 valence electrons. The predicted octanol–water partition coefficient (Wildman–Crippen LogP) is 2.65. The number of benzene rings is 1. The predicted molar refractivity (Wildman–Crippen MR) is 109 cm³/mol. The van der Waals surface area contributed by atoms with Crippen LogP contribution in [0, 0.1) is 0 Å². The highest BCUT2D eigenvalue weighted by atomic mass is 16.5. The summed E-state index contributed by atoms with van der Waals surface area (Å²) in [6.07, 6.45) is 1.65. The summed E-state index contributed by atoms with van der Waals surface area (Å²) in [6.45, 7) is 8.98. The summed E-state index contributed by atoms with van der Waals surface area (Å²) in [5.41, 5.74) is 1.27. The summed E-state index contributed by atoms with van der Waals surface area (Å²) >= 11 is 0. The van der Waals surface area contributed by atoms with Gasteiger partial charge in [-0.15, -0.1) is 0 Å². The SMILES string of the molecule is CCOC(=O)c1ccccc1NC(=O)c1ccnc(N2CCN(CC)CC2)c1. The number of piperazine rings is 1. The van der Waals surface area contributed by atoms with Crippen molar-refractivity contribution in [2.24, 2.45) is 0 Å². The van der Waals surface area contributed by atoms with Gasteiger partial charge in [-0.25, -0.2) is 9.78 Å². The molecule has 1 amide bonds. The lowest BCUT2D eigenvalue weighted by molar-refractivity contribution is 0.0527. The average molecular weight is 382 g/mol. The molecule has 7 heteroatoms. The molecule has 0 atom stereocenters. The number of anilines is 2. The topological polar surface area (TPSA) is 74.8 Å². The van der Waals surface area contributed by atoms with E-state index >= 15 is 0 Å². The molecule has 1 aliphatic rings. The standard InChI is InChI=1S/C21H26N4O3/c1-3-24-11-13-25(14-12-24)19-15-16(9-10-22-19)20(26)23-18-8-6-5-7-17(18)21(27)28-4-2/h5-10,15H,3-4,11-14H2,1-2H3,(H,23,26). The van der Waals surface area contributed by atoms with Crippen molar-refractivity contribution >= 4 is 23.4 Å². The lowest BCUT2D eigenvalue weighted by Crippen LogP contribution is -2.46. The fourth-order valence-corrected chi connectivity index (χ4v) is 3.20. The first-order chi connectivity index (χ1) is 13.6. The highest BCUT2D eigenvalue weighted by Crippen LogP contribution is 2.19. The van der Waals surface area contributed by atoms with Gasteiger partial charge in [0.1, 0.15) is 5.82 Å². The molecule has 0 aliphatic carbocycles. The van der Waals surface area contributed by atoms with Gasteiger partial charge in [-0.3, -0.25) is 4.79 Å². The van der Waals surface area contributed by atoms with Crippen LogP contribution in [0.1, 0.15) is 34.6 Å². The molecule has 1 aromatic carbocycles. The number of likely N-dealkylation sites (N-methyl/N-ethyl adjacent to an activating group) is 1. The van der Waals surface area contributed by atoms with Gasteiger partial charge in [0, 0.05) is 37.9 Å². The van der Waals surface area contributed by atoms with Crippen LogP contribution in [0.2, 0.25) is 0 Å². The number of hydrogen-bond acceptors (Lipinski definition) is 6. The van der Waals surface area contributed by atoms with Gasteiger partial charge in [0.2, 0.25) is 0 Å². The summed E-state index contributed by atoms with van der Waals surface area (Å²) in [4.78, 5) is 33.9. The van der Waals surface area contributed by atoms with Crippen LogP contribution in [0.5, 0.6) is 0 Å². The van der Waals surface area contributed by atoms with Crippen LogP contribution in [0.3, 0.4) is 0 Å². The fraction of sp³-hybridized carbons (Fsp3) is 0.381. The number of rotatable bonds is 6. The zero-order chi connectivity index (χ0) is 19.9. The number of hydrogen-bond donors (Lipinski definition) is 1. The highest BCUT2D eigenvalue weighted by molar-refractivity contribution is 6.08. The molecular formula is C21H26N4O3. The Kier molecular flexibility index (Phi) is 6.60. The Bertz CT molecular complexity index is 832. The Hall–Kier alpha value is -2.93. The lowest BCUT2D eigenvalue weighted by Gasteiger charge is -2.34. The second-order valence-corrected chi connectivity index (χ2v) is 6.54. The molecule has 1 N–H and O–H groups in total. The minimum atomic E-state index is -0.456. The number of pyridine rings is 1. The molecular weight excluding hydrogens is 356 g/mol. The number of carbonyl (C=O) groups is 2. The molecule has 1 aliphatic heterocycles. The minimum Gasteiger partial charge on any atom is -0.462 e. The first-order valence-corrected chi connectivity index (χ1v) is 9.63. The van der Waals surface area contributed by atoms with Crippen LogP contribution in [0.4, 0.5) is 11.5 Å². The molecule has 2 heterocycles. The van der Waals surface area contributed by atoms with Crippen LogP contribution in [-0.4, -0.2) is 61.1 Å². The zero-order valence-corrected chi connectivity index (χ0v) is 16.4. The van der Waals surface area contributed by atoms with Crippen molar-refractivity contribution < 1.29 is 14.3 Å². The molecule has 0 bridgehead atoms. The van der Waals surface area contributed by atoms with Crippen LogP contribution >= 0.6 is 0 Å². The maximum atomic E-state index is 12.8. The number of esters is 1. The van der Waals surface area contributed by atoms with E-state index < -0.39 is 5.97 Å². The van der Waals surface area contributed by atoms with Gasteiger partial charge in [0.15, 0.2) is 0 Å². The normalized spacial score (nSPS) is 14.6. The van der Waals surface area contributed by atoms with Gasteiger partial charge >= 0.3 is 5.97 Å². The van der Waals surface area contributed by atoms with Crippen molar-refractivity contribution in [1.82, 2.24) is 9.88 Å². The van der Waals surface area contributed by atoms with Gasteiger partial charge in [-0.05, 0) is 37.7 Å². The maximum absolute atomic E-state index is 12.8. The molecule has 1 fully saturated rings. The Morgan fingerprint density at radius 3 is 2.57 bits per heavy atom. The molecule has 0 unspecified atom stereocenters. The van der Waals surface area contributed by atoms with Gasteiger partial charge in [0.25, 0.3) is 5.91 Å². The third-order valence-electron chi connectivity index (χ3n) is 4.82. The molecule has 7 nitrogen and oxygen atoms in total. The summed E-state index contributed by atoms with van der Waals surface area (Å²) in [6, 6.07) is 10.3. The van der Waals surface area contributed by atoms with E-state index in [9.17, 15) is 9.59 Å². The van der Waals surface area contributed by atoms with Crippen LogP contribution in [-0.2, 0) is 4.74 Å². The quantitative estimate of drug-likeness (QED) is 0.774. The number of carbonyl (C=O) groups excluding carboxylic acids is 2. The van der Waals surface area contributed by atoms with Crippen molar-refractivity contribution in [3.63, 3.8) is 0 Å². The maximum Gasteiger partial charge on any atom is 0.340 e. The number of aromatic nitrogens is 1. The van der Waals surface area contributed by atoms with Gasteiger partial charge in [0.05, 0.1) is 17.9 Å². The van der Waals surface area contributed by atoms with E-state index in [-0.39, 0.29) is 12.5 Å². The molecule has 2 aromatic rings. The molecule has 0 spiro atoms. The Morgan fingerprint density at radius 1 is 1.11 bits per heavy atom. The molecule has 1 aromatic heterocycles. The van der Waals surface area contributed by atoms with E-state index in [1.165, 1.54) is 0 Å². The Morgan fingerprint density at radius 2 is 1.86 bits per heavy atom. The highest BCUT2D eigenvalue weighted by Gasteiger charge is 2.19. The summed E-state index contributed by atoms with van der Waals surface area (Å²) in [7, 11) is 0. The summed E-state index contributed by atoms with van der Waals surface area (Å²) in [5, 5.41) is 2.82. The number of nitrogens with zero attached hydrogens (tertiary/aromatic N) is 3. The van der Waals surface area contributed by atoms with Crippen molar-refractivity contribution in [3.8, 4) is 0 Å². The van der Waals surface area contributed by atoms with E-state index in [1.54, 1.807) is 49.5 Å². The van der Waals surface area contributed by atoms with Crippen molar-refractivity contribution in [1.29, 1.82) is 0 Å². The summed E-state index contributed by atoms with van der Waals surface area (Å²) in [5.74, 6) is 0.0530. The number of amides is 1. The van der Waals surface area contributed by atoms with Crippen molar-refractivity contribution in [2.45, 2.75) is 13.8 Å². The molecule has 28 heavy (non-hydrogen) atoms. The van der Waals surface area contributed by atoms with Crippen LogP contribution in [0.15, 0.2) is 42.6 Å². The Balaban J connectivity index is 1.73. The zero-order valence-electron chi connectivity index (χ0n) is 16.4. The lowest BCUT2D eigenvalue weighted by atomic mass is 10.1. The largest absolute Gasteiger partial charge is 0.462 e. The third-order valence-corrected chi connectivity index (χ3v) is 4.82. The minimum absolute atomic E-state index is 0.278. The van der Waals surface area contributed by atoms with E-state index in [0.29, 0.717) is 16.8 Å². The van der Waals surface area contributed by atoms with E-state index in [0.717, 1.165) is 38.5 Å². The number of ether oxygens (including phenoxy) is 1. The van der Waals surface area contributed by atoms with E-state index in [1.807, 2.05) is 0 Å². The third kappa shape index (κ3) is 4.67. The smallest absolute Gasteiger partial charge is 0.340 e. The van der Waals surface area contributed by atoms with Crippen molar-refractivity contribution in [2.75, 3.05) is 49.5 Å². The van der Waals surface area contributed by atoms with Gasteiger partial charge in [-0.2, -0.15) is 0 Å². The molecule has 0 radical (unpaired) electrons. The molecule has 0 saturated carbocycles. The number of para-hydroxylation sites is 1. The van der Waals surface area contributed by atoms with Gasteiger partial charge in [-0.1, -0.05) is 19.1 Å². The fourth-order valence-electron chi connectivity index (χ4n) is 3.20. The van der Waals surface area contributed by atoms with Crippen LogP contribution in [0.25, 0.3) is 0 Å². The van der Waals surface area contributed by atoms with E-state index in [2.05, 4.69) is 27.0 Å². The second kappa shape index (κ2) is 9.32. The first-order valence-electron chi connectivity index (χ1n) is 9.63. The second-order valence-electron chi connectivity index (χ2n) is 6.54. The number of nitrogens with one attached hydrogen (secondary N) is 1. The monoisotopic (exact) mass is 382 g/mol. The average Bonchev–Trinajstić information content (AvgIpc) is 2.74. The van der Waals surface area contributed by atoms with Crippen LogP contribution < -0.4 is 10.2 Å². The van der Waals surface area contributed by atoms with E-state index in [4.69, 9.17) is 4.74 Å². The molecule has 3 rings (SSSR count). The Labute approximate surface area is 165 Å². The van der Waals surface area contributed by atoms with Gasteiger partial charge < -0.3 is 19.9 Å². The summed E-state index contributed by atoms with van der Waals surface area (Å²) < 4.78 is 5.06. The van der Waals surface area contributed by atoms with Crippen molar-refractivity contribution in [3.05, 3.63) is 53.7 Å². The first kappa shape index (κ1) is 19.8.